The zero-order valence-electron chi connectivity index (χ0n) is 15.9. The molecule has 0 fully saturated rings. The lowest BCUT2D eigenvalue weighted by molar-refractivity contribution is -0.116. The largest absolute Gasteiger partial charge is 0.341 e. The van der Waals surface area contributed by atoms with E-state index >= 15 is 0 Å². The lowest BCUT2D eigenvalue weighted by atomic mass is 10.1. The van der Waals surface area contributed by atoms with Crippen LogP contribution >= 0.6 is 11.8 Å². The summed E-state index contributed by atoms with van der Waals surface area (Å²) in [6, 6.07) is 13.6. The van der Waals surface area contributed by atoms with Gasteiger partial charge in [0.25, 0.3) is 0 Å². The minimum absolute atomic E-state index is 0.0469. The fourth-order valence-corrected chi connectivity index (χ4v) is 4.19. The molecule has 1 atom stereocenters. The highest BCUT2D eigenvalue weighted by molar-refractivity contribution is 8.00. The summed E-state index contributed by atoms with van der Waals surface area (Å²) in [6.07, 6.45) is 0.816. The summed E-state index contributed by atoms with van der Waals surface area (Å²) in [5, 5.41) is 3.04. The zero-order chi connectivity index (χ0) is 19.7. The number of rotatable bonds is 5. The van der Waals surface area contributed by atoms with Crippen LogP contribution in [0, 0.1) is 0 Å². The first-order chi connectivity index (χ1) is 13.5. The maximum absolute atomic E-state index is 12.4. The third kappa shape index (κ3) is 3.75. The molecule has 2 aromatic carbocycles. The van der Waals surface area contributed by atoms with Crippen molar-refractivity contribution >= 4 is 46.0 Å². The number of amides is 2. The van der Waals surface area contributed by atoms with Crippen molar-refractivity contribution in [2.75, 3.05) is 22.5 Å². The molecule has 3 aromatic rings. The van der Waals surface area contributed by atoms with E-state index in [-0.39, 0.29) is 17.1 Å². The summed E-state index contributed by atoms with van der Waals surface area (Å²) in [5.41, 5.74) is 4.75. The van der Waals surface area contributed by atoms with Crippen molar-refractivity contribution in [2.24, 2.45) is 0 Å². The molecule has 1 aliphatic heterocycles. The first-order valence-corrected chi connectivity index (χ1v) is 10.3. The molecule has 0 saturated carbocycles. The van der Waals surface area contributed by atoms with Gasteiger partial charge in [-0.2, -0.15) is 0 Å². The van der Waals surface area contributed by atoms with E-state index in [1.54, 1.807) is 23.6 Å². The Morgan fingerprint density at radius 2 is 2.11 bits per heavy atom. The molecule has 28 heavy (non-hydrogen) atoms. The highest BCUT2D eigenvalue weighted by Crippen LogP contribution is 2.31. The maximum atomic E-state index is 12.4. The average molecular weight is 395 g/mol. The molecule has 0 unspecified atom stereocenters. The fraction of sp³-hybridized carbons (Fsp3) is 0.286. The molecule has 1 aliphatic rings. The molecule has 144 valence electrons. The molecular formula is C21H22N4O2S. The highest BCUT2D eigenvalue weighted by atomic mass is 32.2. The van der Waals surface area contributed by atoms with E-state index in [1.807, 2.05) is 49.4 Å². The Labute approximate surface area is 167 Å². The number of carbonyl (C=O) groups is 2. The van der Waals surface area contributed by atoms with Gasteiger partial charge in [0.05, 0.1) is 22.0 Å². The van der Waals surface area contributed by atoms with E-state index < -0.39 is 0 Å². The third-order valence-electron chi connectivity index (χ3n) is 4.90. The zero-order valence-corrected chi connectivity index (χ0v) is 16.7. The summed E-state index contributed by atoms with van der Waals surface area (Å²) in [5.74, 6) is 1.22. The lowest BCUT2D eigenvalue weighted by Gasteiger charge is -2.15. The molecule has 0 spiro atoms. The van der Waals surface area contributed by atoms with Crippen molar-refractivity contribution in [1.82, 2.24) is 9.97 Å². The van der Waals surface area contributed by atoms with Crippen LogP contribution in [0.5, 0.6) is 0 Å². The van der Waals surface area contributed by atoms with Gasteiger partial charge in [-0.25, -0.2) is 4.98 Å². The quantitative estimate of drug-likeness (QED) is 0.688. The van der Waals surface area contributed by atoms with Crippen LogP contribution in [0.15, 0.2) is 42.5 Å². The van der Waals surface area contributed by atoms with Gasteiger partial charge < -0.3 is 15.2 Å². The summed E-state index contributed by atoms with van der Waals surface area (Å²) in [4.78, 5) is 33.7. The Morgan fingerprint density at radius 3 is 2.89 bits per heavy atom. The predicted octanol–water partition coefficient (Wildman–Crippen LogP) is 3.90. The van der Waals surface area contributed by atoms with Crippen LogP contribution in [-0.2, 0) is 16.0 Å². The van der Waals surface area contributed by atoms with Gasteiger partial charge in [-0.05, 0) is 49.2 Å². The number of aromatic nitrogens is 2. The van der Waals surface area contributed by atoms with Gasteiger partial charge in [0, 0.05) is 24.8 Å². The molecule has 7 heteroatoms. The molecule has 2 amide bonds. The molecule has 4 rings (SSSR count). The van der Waals surface area contributed by atoms with Gasteiger partial charge in [-0.1, -0.05) is 12.1 Å². The van der Waals surface area contributed by atoms with E-state index in [1.165, 1.54) is 0 Å². The molecule has 2 heterocycles. The number of thioether (sulfide) groups is 1. The van der Waals surface area contributed by atoms with Gasteiger partial charge in [0.1, 0.15) is 5.82 Å². The molecule has 0 aliphatic carbocycles. The minimum atomic E-state index is -0.0469. The van der Waals surface area contributed by atoms with E-state index in [9.17, 15) is 9.59 Å². The third-order valence-corrected chi connectivity index (χ3v) is 6.05. The Kier molecular flexibility index (Phi) is 5.09. The summed E-state index contributed by atoms with van der Waals surface area (Å²) in [6.45, 7) is 4.32. The van der Waals surface area contributed by atoms with Crippen LogP contribution in [0.25, 0.3) is 11.0 Å². The lowest BCUT2D eigenvalue weighted by Crippen LogP contribution is -2.25. The van der Waals surface area contributed by atoms with Gasteiger partial charge >= 0.3 is 0 Å². The summed E-state index contributed by atoms with van der Waals surface area (Å²) >= 11 is 1.54. The van der Waals surface area contributed by atoms with E-state index in [2.05, 4.69) is 15.3 Å². The number of H-pyrrole nitrogens is 1. The van der Waals surface area contributed by atoms with Crippen LogP contribution in [0.1, 0.15) is 30.5 Å². The van der Waals surface area contributed by atoms with Crippen LogP contribution in [0.3, 0.4) is 0 Å². The second kappa shape index (κ2) is 7.67. The maximum Gasteiger partial charge on any atom is 0.234 e. The summed E-state index contributed by atoms with van der Waals surface area (Å²) < 4.78 is 0. The van der Waals surface area contributed by atoms with Crippen molar-refractivity contribution in [3.63, 3.8) is 0 Å². The number of carbonyl (C=O) groups excluding carboxylic acids is 2. The predicted molar refractivity (Wildman–Crippen MR) is 114 cm³/mol. The molecule has 6 nitrogen and oxygen atoms in total. The first-order valence-electron chi connectivity index (χ1n) is 9.28. The number of fused-ring (bicyclic) bond motifs is 2. The Hall–Kier alpha value is -2.80. The molecule has 2 N–H and O–H groups in total. The number of nitrogens with zero attached hydrogens (tertiary/aromatic N) is 2. The van der Waals surface area contributed by atoms with Crippen LogP contribution in [0.4, 0.5) is 11.4 Å². The van der Waals surface area contributed by atoms with Crippen molar-refractivity contribution < 1.29 is 9.59 Å². The number of benzene rings is 2. The van der Waals surface area contributed by atoms with Crippen molar-refractivity contribution in [3.05, 3.63) is 53.9 Å². The number of anilines is 2. The van der Waals surface area contributed by atoms with Gasteiger partial charge in [-0.3, -0.25) is 9.59 Å². The van der Waals surface area contributed by atoms with Gasteiger partial charge in [-0.15, -0.1) is 11.8 Å². The normalized spacial score (nSPS) is 14.1. The molecule has 0 radical (unpaired) electrons. The van der Waals surface area contributed by atoms with Crippen LogP contribution < -0.4 is 10.2 Å². The van der Waals surface area contributed by atoms with Crippen LogP contribution in [-0.4, -0.2) is 34.1 Å². The van der Waals surface area contributed by atoms with Crippen molar-refractivity contribution in [3.8, 4) is 0 Å². The fourth-order valence-electron chi connectivity index (χ4n) is 3.45. The number of imidazole rings is 1. The van der Waals surface area contributed by atoms with Crippen molar-refractivity contribution in [2.45, 2.75) is 25.5 Å². The van der Waals surface area contributed by atoms with E-state index in [0.29, 0.717) is 12.3 Å². The number of nitrogens with one attached hydrogen (secondary N) is 2. The number of aromatic amines is 1. The molecule has 1 aromatic heterocycles. The number of hydrogen-bond donors (Lipinski definition) is 2. The highest BCUT2D eigenvalue weighted by Gasteiger charge is 2.22. The molecule has 0 bridgehead atoms. The monoisotopic (exact) mass is 394 g/mol. The SMILES string of the molecule is CC(=O)N1CCc2cc(NC(=O)CS[C@H](C)c3nc4ccccc4[nH]3)ccc21. The molecule has 0 saturated heterocycles. The Morgan fingerprint density at radius 1 is 1.29 bits per heavy atom. The van der Waals surface area contributed by atoms with Crippen LogP contribution in [0.2, 0.25) is 0 Å². The Balaban J connectivity index is 1.35. The summed E-state index contributed by atoms with van der Waals surface area (Å²) in [7, 11) is 0. The number of hydrogen-bond acceptors (Lipinski definition) is 4. The number of para-hydroxylation sites is 2. The molecular weight excluding hydrogens is 372 g/mol. The standard InChI is InChI=1S/C21H22N4O2S/c1-13(21-23-17-5-3-4-6-18(17)24-21)28-12-20(27)22-16-7-8-19-15(11-16)9-10-25(19)14(2)26/h3-8,11,13H,9-10,12H2,1-2H3,(H,22,27)(H,23,24)/t13-/m1/s1. The van der Waals surface area contributed by atoms with Crippen molar-refractivity contribution in [1.29, 1.82) is 0 Å². The minimum Gasteiger partial charge on any atom is -0.341 e. The average Bonchev–Trinajstić information content (AvgIpc) is 3.29. The topological polar surface area (TPSA) is 78.1 Å². The smallest absolute Gasteiger partial charge is 0.234 e. The van der Waals surface area contributed by atoms with E-state index in [0.717, 1.165) is 40.2 Å². The second-order valence-electron chi connectivity index (χ2n) is 6.90. The van der Waals surface area contributed by atoms with Gasteiger partial charge in [0.15, 0.2) is 0 Å². The Bertz CT molecular complexity index is 1010. The first kappa shape index (κ1) is 18.6. The van der Waals surface area contributed by atoms with E-state index in [4.69, 9.17) is 0 Å². The second-order valence-corrected chi connectivity index (χ2v) is 8.23. The van der Waals surface area contributed by atoms with Gasteiger partial charge in [0.2, 0.25) is 11.8 Å².